The van der Waals surface area contributed by atoms with Gasteiger partial charge < -0.3 is 5.32 Å². The molecule has 0 radical (unpaired) electrons. The van der Waals surface area contributed by atoms with Crippen molar-refractivity contribution in [2.24, 2.45) is 0 Å². The minimum atomic E-state index is -0.410. The molecule has 0 saturated carbocycles. The molecular formula is C14H12BrN5O. The maximum Gasteiger partial charge on any atom is 0.320 e. The van der Waals surface area contributed by atoms with Gasteiger partial charge in [-0.15, -0.1) is 0 Å². The van der Waals surface area contributed by atoms with Gasteiger partial charge in [0.15, 0.2) is 0 Å². The minimum Gasteiger partial charge on any atom is -0.330 e. The lowest BCUT2D eigenvalue weighted by Crippen LogP contribution is -2.31. The number of nitrogens with zero attached hydrogens (tertiary/aromatic N) is 3. The van der Waals surface area contributed by atoms with E-state index in [0.29, 0.717) is 15.9 Å². The Kier molecular flexibility index (Phi) is 4.85. The monoisotopic (exact) mass is 345 g/mol. The third-order valence-electron chi connectivity index (χ3n) is 2.70. The Morgan fingerprint density at radius 2 is 2.24 bits per heavy atom. The highest BCUT2D eigenvalue weighted by atomic mass is 79.9. The first-order chi connectivity index (χ1) is 10.1. The van der Waals surface area contributed by atoms with E-state index in [-0.39, 0.29) is 6.04 Å². The van der Waals surface area contributed by atoms with Gasteiger partial charge in [0, 0.05) is 12.4 Å². The summed E-state index contributed by atoms with van der Waals surface area (Å²) in [6.45, 7) is 1.83. The molecule has 0 bridgehead atoms. The second-order valence-corrected chi connectivity index (χ2v) is 5.09. The minimum absolute atomic E-state index is 0.239. The number of amides is 2. The molecule has 2 N–H and O–H groups in total. The molecule has 0 aliphatic rings. The molecule has 2 aromatic heterocycles. The molecule has 1 atom stereocenters. The molecule has 2 heterocycles. The number of urea groups is 1. The van der Waals surface area contributed by atoms with Crippen LogP contribution < -0.4 is 10.6 Å². The molecule has 0 spiro atoms. The zero-order valence-electron chi connectivity index (χ0n) is 11.2. The van der Waals surface area contributed by atoms with Gasteiger partial charge >= 0.3 is 6.03 Å². The third-order valence-corrected chi connectivity index (χ3v) is 3.33. The van der Waals surface area contributed by atoms with Crippen LogP contribution in [0.4, 0.5) is 10.6 Å². The largest absolute Gasteiger partial charge is 0.330 e. The molecule has 0 aromatic carbocycles. The highest BCUT2D eigenvalue weighted by Gasteiger charge is 2.11. The van der Waals surface area contributed by atoms with Crippen molar-refractivity contribution in [1.82, 2.24) is 15.3 Å². The number of pyridine rings is 2. The number of nitrogens with one attached hydrogen (secondary N) is 2. The van der Waals surface area contributed by atoms with Gasteiger partial charge in [-0.25, -0.2) is 9.78 Å². The first kappa shape index (κ1) is 14.9. The molecule has 6 nitrogen and oxygen atoms in total. The van der Waals surface area contributed by atoms with Gasteiger partial charge in [0.05, 0.1) is 21.8 Å². The molecule has 2 rings (SSSR count). The van der Waals surface area contributed by atoms with E-state index in [4.69, 9.17) is 5.26 Å². The second-order valence-electron chi connectivity index (χ2n) is 4.24. The maximum absolute atomic E-state index is 11.9. The Bertz CT molecular complexity index is 684. The van der Waals surface area contributed by atoms with Crippen LogP contribution in [0.3, 0.4) is 0 Å². The van der Waals surface area contributed by atoms with Gasteiger partial charge in [-0.1, -0.05) is 6.07 Å². The maximum atomic E-state index is 11.9. The summed E-state index contributed by atoms with van der Waals surface area (Å²) in [6, 6.07) is 8.35. The zero-order chi connectivity index (χ0) is 15.2. The van der Waals surface area contributed by atoms with Gasteiger partial charge in [-0.05, 0) is 41.1 Å². The van der Waals surface area contributed by atoms with Crippen molar-refractivity contribution < 1.29 is 4.79 Å². The van der Waals surface area contributed by atoms with Crippen molar-refractivity contribution in [3.05, 3.63) is 52.4 Å². The molecule has 7 heteroatoms. The fourth-order valence-electron chi connectivity index (χ4n) is 1.65. The van der Waals surface area contributed by atoms with Gasteiger partial charge in [0.25, 0.3) is 0 Å². The molecule has 0 unspecified atom stereocenters. The average Bonchev–Trinajstić information content (AvgIpc) is 2.50. The Balaban J connectivity index is 2.01. The van der Waals surface area contributed by atoms with Crippen molar-refractivity contribution in [1.29, 1.82) is 5.26 Å². The summed E-state index contributed by atoms with van der Waals surface area (Å²) >= 11 is 3.21. The van der Waals surface area contributed by atoms with Gasteiger partial charge in [0.1, 0.15) is 11.9 Å². The number of anilines is 1. The molecule has 2 aromatic rings. The van der Waals surface area contributed by atoms with E-state index in [0.717, 1.165) is 5.69 Å². The molecule has 0 aliphatic carbocycles. The summed E-state index contributed by atoms with van der Waals surface area (Å²) < 4.78 is 0.581. The standard InChI is InChI=1S/C14H12BrN5O/c1-9(12-4-2-3-5-17-12)19-14(21)20-13-6-10(7-16)11(15)8-18-13/h2-6,8-9H,1H3,(H2,18,19,20,21)/t9-/m1/s1. The Labute approximate surface area is 130 Å². The molecule has 21 heavy (non-hydrogen) atoms. The Morgan fingerprint density at radius 3 is 2.90 bits per heavy atom. The number of carbonyl (C=O) groups is 1. The quantitative estimate of drug-likeness (QED) is 0.894. The highest BCUT2D eigenvalue weighted by Crippen LogP contribution is 2.17. The number of aromatic nitrogens is 2. The third kappa shape index (κ3) is 4.00. The average molecular weight is 346 g/mol. The molecule has 2 amide bonds. The van der Waals surface area contributed by atoms with Crippen molar-refractivity contribution >= 4 is 27.8 Å². The topological polar surface area (TPSA) is 90.7 Å². The van der Waals surface area contributed by atoms with Crippen molar-refractivity contribution in [3.63, 3.8) is 0 Å². The number of hydrogen-bond donors (Lipinski definition) is 2. The second kappa shape index (κ2) is 6.81. The van der Waals surface area contributed by atoms with Crippen molar-refractivity contribution in [2.45, 2.75) is 13.0 Å². The van der Waals surface area contributed by atoms with E-state index in [1.54, 1.807) is 6.20 Å². The smallest absolute Gasteiger partial charge is 0.320 e. The predicted molar refractivity (Wildman–Crippen MR) is 81.5 cm³/mol. The highest BCUT2D eigenvalue weighted by molar-refractivity contribution is 9.10. The van der Waals surface area contributed by atoms with Crippen LogP contribution in [0.2, 0.25) is 0 Å². The lowest BCUT2D eigenvalue weighted by molar-refractivity contribution is 0.249. The Morgan fingerprint density at radius 1 is 1.43 bits per heavy atom. The fourth-order valence-corrected chi connectivity index (χ4v) is 1.95. The van der Waals surface area contributed by atoms with Gasteiger partial charge in [-0.3, -0.25) is 10.3 Å². The van der Waals surface area contributed by atoms with E-state index in [2.05, 4.69) is 36.5 Å². The zero-order valence-corrected chi connectivity index (χ0v) is 12.8. The number of rotatable bonds is 3. The number of hydrogen-bond acceptors (Lipinski definition) is 4. The lowest BCUT2D eigenvalue weighted by Gasteiger charge is -2.13. The summed E-state index contributed by atoms with van der Waals surface area (Å²) in [7, 11) is 0. The first-order valence-electron chi connectivity index (χ1n) is 6.14. The van der Waals surface area contributed by atoms with Crippen LogP contribution in [-0.2, 0) is 0 Å². The van der Waals surface area contributed by atoms with E-state index >= 15 is 0 Å². The molecule has 0 fully saturated rings. The van der Waals surface area contributed by atoms with Crippen LogP contribution in [0.1, 0.15) is 24.2 Å². The molecular weight excluding hydrogens is 334 g/mol. The van der Waals surface area contributed by atoms with E-state index < -0.39 is 6.03 Å². The normalized spacial score (nSPS) is 11.3. The van der Waals surface area contributed by atoms with Crippen LogP contribution in [0.25, 0.3) is 0 Å². The van der Waals surface area contributed by atoms with Gasteiger partial charge in [-0.2, -0.15) is 5.26 Å². The van der Waals surface area contributed by atoms with Crippen LogP contribution in [0.5, 0.6) is 0 Å². The van der Waals surface area contributed by atoms with Crippen LogP contribution in [0, 0.1) is 11.3 Å². The summed E-state index contributed by atoms with van der Waals surface area (Å²) in [4.78, 5) is 20.1. The van der Waals surface area contributed by atoms with E-state index in [9.17, 15) is 4.79 Å². The van der Waals surface area contributed by atoms with Crippen LogP contribution >= 0.6 is 15.9 Å². The lowest BCUT2D eigenvalue weighted by atomic mass is 10.2. The van der Waals surface area contributed by atoms with E-state index in [1.807, 2.05) is 31.2 Å². The van der Waals surface area contributed by atoms with Crippen LogP contribution in [-0.4, -0.2) is 16.0 Å². The summed E-state index contributed by atoms with van der Waals surface area (Å²) in [6.07, 6.45) is 3.14. The SMILES string of the molecule is C[C@@H](NC(=O)Nc1cc(C#N)c(Br)cn1)c1ccccn1. The summed E-state index contributed by atoms with van der Waals surface area (Å²) in [5, 5.41) is 14.3. The predicted octanol–water partition coefficient (Wildman–Crippen LogP) is 2.99. The fraction of sp³-hybridized carbons (Fsp3) is 0.143. The van der Waals surface area contributed by atoms with Crippen molar-refractivity contribution in [3.8, 4) is 6.07 Å². The van der Waals surface area contributed by atoms with Gasteiger partial charge in [0.2, 0.25) is 0 Å². The van der Waals surface area contributed by atoms with Crippen molar-refractivity contribution in [2.75, 3.05) is 5.32 Å². The summed E-state index contributed by atoms with van der Waals surface area (Å²) in [5.74, 6) is 0.306. The van der Waals surface area contributed by atoms with E-state index in [1.165, 1.54) is 12.3 Å². The van der Waals surface area contributed by atoms with Crippen LogP contribution in [0.15, 0.2) is 41.1 Å². The number of carbonyl (C=O) groups excluding carboxylic acids is 1. The first-order valence-corrected chi connectivity index (χ1v) is 6.93. The number of halogens is 1. The Hall–Kier alpha value is -2.46. The molecule has 0 saturated heterocycles. The molecule has 0 aliphatic heterocycles. The summed E-state index contributed by atoms with van der Waals surface area (Å²) in [5.41, 5.74) is 1.16. The number of nitriles is 1. The molecule has 106 valence electrons.